The van der Waals surface area contributed by atoms with Crippen LogP contribution in [-0.4, -0.2) is 35.2 Å². The predicted octanol–water partition coefficient (Wildman–Crippen LogP) is 3.33. The number of alkyl halides is 3. The van der Waals surface area contributed by atoms with E-state index in [1.165, 1.54) is 17.0 Å². The number of urea groups is 1. The molecule has 1 saturated heterocycles. The zero-order valence-corrected chi connectivity index (χ0v) is 12.2. The van der Waals surface area contributed by atoms with Gasteiger partial charge in [-0.15, -0.1) is 0 Å². The average Bonchev–Trinajstić information content (AvgIpc) is 2.46. The number of aliphatic hydroxyl groups is 1. The Morgan fingerprint density at radius 3 is 2.82 bits per heavy atom. The first-order chi connectivity index (χ1) is 10.3. The van der Waals surface area contributed by atoms with Crippen molar-refractivity contribution < 1.29 is 23.1 Å². The Hall–Kier alpha value is -1.76. The zero-order valence-electron chi connectivity index (χ0n) is 12.2. The van der Waals surface area contributed by atoms with Gasteiger partial charge in [0.1, 0.15) is 0 Å². The molecule has 1 aliphatic heterocycles. The molecule has 1 heterocycles. The van der Waals surface area contributed by atoms with Gasteiger partial charge >= 0.3 is 12.2 Å². The Morgan fingerprint density at radius 2 is 2.18 bits per heavy atom. The molecule has 2 rings (SSSR count). The van der Waals surface area contributed by atoms with Gasteiger partial charge in [0.15, 0.2) is 0 Å². The van der Waals surface area contributed by atoms with E-state index in [1.807, 2.05) is 6.92 Å². The fraction of sp³-hybridized carbons (Fsp3) is 0.533. The Labute approximate surface area is 126 Å². The largest absolute Gasteiger partial charge is 0.416 e. The monoisotopic (exact) mass is 316 g/mol. The Morgan fingerprint density at radius 1 is 1.45 bits per heavy atom. The number of likely N-dealkylation sites (tertiary alicyclic amines) is 1. The molecule has 2 atom stereocenters. The lowest BCUT2D eigenvalue weighted by molar-refractivity contribution is -0.137. The summed E-state index contributed by atoms with van der Waals surface area (Å²) in [6, 6.07) is 3.73. The fourth-order valence-electron chi connectivity index (χ4n) is 2.75. The highest BCUT2D eigenvalue weighted by atomic mass is 19.4. The number of nitrogens with one attached hydrogen (secondary N) is 1. The highest BCUT2D eigenvalue weighted by molar-refractivity contribution is 5.89. The standard InChI is InChI=1S/C15H19F3N2O2/c1-10-4-3-7-20(13(10)9-21)14(22)19-12-6-2-5-11(8-12)15(16,17)18/h2,5-6,8,10,13,21H,3-4,7,9H2,1H3,(H,19,22)/t10-,13-/m0/s1. The van der Waals surface area contributed by atoms with Crippen molar-refractivity contribution in [1.82, 2.24) is 4.90 Å². The minimum atomic E-state index is -4.45. The number of amides is 2. The molecule has 2 N–H and O–H groups in total. The molecule has 0 saturated carbocycles. The van der Waals surface area contributed by atoms with E-state index in [4.69, 9.17) is 0 Å². The Bertz CT molecular complexity index is 534. The lowest BCUT2D eigenvalue weighted by atomic mass is 9.91. The molecule has 2 amide bonds. The van der Waals surface area contributed by atoms with E-state index in [2.05, 4.69) is 5.32 Å². The van der Waals surface area contributed by atoms with Crippen molar-refractivity contribution in [2.45, 2.75) is 32.0 Å². The van der Waals surface area contributed by atoms with Gasteiger partial charge in [-0.1, -0.05) is 13.0 Å². The number of aliphatic hydroxyl groups excluding tert-OH is 1. The van der Waals surface area contributed by atoms with Crippen molar-refractivity contribution >= 4 is 11.7 Å². The summed E-state index contributed by atoms with van der Waals surface area (Å²) in [5.74, 6) is 0.158. The number of carbonyl (C=O) groups is 1. The number of rotatable bonds is 2. The topological polar surface area (TPSA) is 52.6 Å². The first kappa shape index (κ1) is 16.6. The van der Waals surface area contributed by atoms with Crippen molar-refractivity contribution in [1.29, 1.82) is 0 Å². The molecule has 22 heavy (non-hydrogen) atoms. The SMILES string of the molecule is C[C@H]1CCCN(C(=O)Nc2cccc(C(F)(F)F)c2)[C@H]1CO. The van der Waals surface area contributed by atoms with E-state index in [0.717, 1.165) is 25.0 Å². The molecule has 0 unspecified atom stereocenters. The second-order valence-electron chi connectivity index (χ2n) is 5.57. The van der Waals surface area contributed by atoms with Gasteiger partial charge in [-0.3, -0.25) is 0 Å². The minimum absolute atomic E-state index is 0.0924. The van der Waals surface area contributed by atoms with Crippen molar-refractivity contribution in [3.63, 3.8) is 0 Å². The molecule has 7 heteroatoms. The van der Waals surface area contributed by atoms with E-state index in [-0.39, 0.29) is 24.3 Å². The normalized spacial score (nSPS) is 22.5. The summed E-state index contributed by atoms with van der Waals surface area (Å²) in [5, 5.41) is 11.9. The van der Waals surface area contributed by atoms with Crippen LogP contribution in [0.1, 0.15) is 25.3 Å². The Kier molecular flexibility index (Phi) is 4.95. The van der Waals surface area contributed by atoms with Gasteiger partial charge in [0.05, 0.1) is 18.2 Å². The summed E-state index contributed by atoms with van der Waals surface area (Å²) in [7, 11) is 0. The van der Waals surface area contributed by atoms with Crippen LogP contribution in [0.5, 0.6) is 0 Å². The van der Waals surface area contributed by atoms with Crippen LogP contribution in [-0.2, 0) is 6.18 Å². The van der Waals surface area contributed by atoms with Crippen LogP contribution < -0.4 is 5.32 Å². The van der Waals surface area contributed by atoms with Crippen molar-refractivity contribution in [2.75, 3.05) is 18.5 Å². The molecule has 1 aromatic carbocycles. The van der Waals surface area contributed by atoms with E-state index < -0.39 is 17.8 Å². The smallest absolute Gasteiger partial charge is 0.394 e. The molecule has 0 spiro atoms. The second-order valence-corrected chi connectivity index (χ2v) is 5.57. The van der Waals surface area contributed by atoms with Gasteiger partial charge in [-0.25, -0.2) is 4.79 Å². The molecule has 1 aromatic rings. The molecule has 1 aliphatic rings. The van der Waals surface area contributed by atoms with Gasteiger partial charge < -0.3 is 15.3 Å². The summed E-state index contributed by atoms with van der Waals surface area (Å²) < 4.78 is 38.0. The molecule has 0 aliphatic carbocycles. The molecule has 0 bridgehead atoms. The quantitative estimate of drug-likeness (QED) is 0.879. The van der Waals surface area contributed by atoms with Gasteiger partial charge in [-0.05, 0) is 37.0 Å². The summed E-state index contributed by atoms with van der Waals surface area (Å²) >= 11 is 0. The van der Waals surface area contributed by atoms with Crippen LogP contribution in [0.3, 0.4) is 0 Å². The third kappa shape index (κ3) is 3.71. The van der Waals surface area contributed by atoms with Gasteiger partial charge in [0, 0.05) is 12.2 Å². The molecule has 0 aromatic heterocycles. The van der Waals surface area contributed by atoms with E-state index >= 15 is 0 Å². The molecule has 122 valence electrons. The molecular formula is C15H19F3N2O2. The number of carbonyl (C=O) groups excluding carboxylic acids is 1. The summed E-state index contributed by atoms with van der Waals surface area (Å²) in [6.45, 7) is 2.28. The lowest BCUT2D eigenvalue weighted by Gasteiger charge is -2.38. The summed E-state index contributed by atoms with van der Waals surface area (Å²) in [6.07, 6.45) is -2.72. The van der Waals surface area contributed by atoms with Crippen molar-refractivity contribution in [2.24, 2.45) is 5.92 Å². The maximum absolute atomic E-state index is 12.7. The molecule has 0 radical (unpaired) electrons. The van der Waals surface area contributed by atoms with Crippen LogP contribution in [0, 0.1) is 5.92 Å². The number of halogens is 3. The summed E-state index contributed by atoms with van der Waals surface area (Å²) in [4.78, 5) is 13.8. The second kappa shape index (κ2) is 6.56. The van der Waals surface area contributed by atoms with Gasteiger partial charge in [-0.2, -0.15) is 13.2 Å². The summed E-state index contributed by atoms with van der Waals surface area (Å²) in [5.41, 5.74) is -0.717. The minimum Gasteiger partial charge on any atom is -0.394 e. The first-order valence-electron chi connectivity index (χ1n) is 7.18. The average molecular weight is 316 g/mol. The molecule has 4 nitrogen and oxygen atoms in total. The van der Waals surface area contributed by atoms with Gasteiger partial charge in [0.2, 0.25) is 0 Å². The van der Waals surface area contributed by atoms with Crippen molar-refractivity contribution in [3.8, 4) is 0 Å². The van der Waals surface area contributed by atoms with Crippen LogP contribution in [0.25, 0.3) is 0 Å². The molecule has 1 fully saturated rings. The maximum atomic E-state index is 12.7. The van der Waals surface area contributed by atoms with Crippen LogP contribution in [0.4, 0.5) is 23.7 Å². The van der Waals surface area contributed by atoms with E-state index in [1.54, 1.807) is 0 Å². The van der Waals surface area contributed by atoms with E-state index in [0.29, 0.717) is 6.54 Å². The molecular weight excluding hydrogens is 297 g/mol. The number of hydrogen-bond acceptors (Lipinski definition) is 2. The highest BCUT2D eigenvalue weighted by Gasteiger charge is 2.32. The lowest BCUT2D eigenvalue weighted by Crippen LogP contribution is -2.51. The number of piperidine rings is 1. The van der Waals surface area contributed by atoms with Gasteiger partial charge in [0.25, 0.3) is 0 Å². The Balaban J connectivity index is 2.11. The fourth-order valence-corrected chi connectivity index (χ4v) is 2.75. The third-order valence-corrected chi connectivity index (χ3v) is 4.00. The number of nitrogens with zero attached hydrogens (tertiary/aromatic N) is 1. The van der Waals surface area contributed by atoms with Crippen LogP contribution >= 0.6 is 0 Å². The highest BCUT2D eigenvalue weighted by Crippen LogP contribution is 2.31. The van der Waals surface area contributed by atoms with Crippen LogP contribution in [0.2, 0.25) is 0 Å². The predicted molar refractivity (Wildman–Crippen MR) is 76.4 cm³/mol. The zero-order chi connectivity index (χ0) is 16.3. The van der Waals surface area contributed by atoms with Crippen LogP contribution in [0.15, 0.2) is 24.3 Å². The number of benzene rings is 1. The number of anilines is 1. The maximum Gasteiger partial charge on any atom is 0.416 e. The van der Waals surface area contributed by atoms with E-state index in [9.17, 15) is 23.1 Å². The first-order valence-corrected chi connectivity index (χ1v) is 7.18. The third-order valence-electron chi connectivity index (χ3n) is 4.00. The number of hydrogen-bond donors (Lipinski definition) is 2. The van der Waals surface area contributed by atoms with Crippen molar-refractivity contribution in [3.05, 3.63) is 29.8 Å².